The maximum absolute atomic E-state index is 12.3. The Labute approximate surface area is 107 Å². The zero-order valence-electron chi connectivity index (χ0n) is 10.8. The highest BCUT2D eigenvalue weighted by molar-refractivity contribution is 5.94. The molecule has 1 aliphatic rings. The van der Waals surface area contributed by atoms with E-state index in [2.05, 4.69) is 10.3 Å². The topological polar surface area (TPSA) is 65.5 Å². The van der Waals surface area contributed by atoms with Gasteiger partial charge >= 0.3 is 0 Å². The molecule has 0 radical (unpaired) electrons. The van der Waals surface area contributed by atoms with Gasteiger partial charge in [-0.15, -0.1) is 0 Å². The summed E-state index contributed by atoms with van der Waals surface area (Å²) in [6.07, 6.45) is 1.98. The van der Waals surface area contributed by atoms with Crippen molar-refractivity contribution in [3.63, 3.8) is 0 Å². The van der Waals surface area contributed by atoms with Gasteiger partial charge in [0, 0.05) is 31.9 Å². The number of hydrogen-bond acceptors (Lipinski definition) is 4. The number of hydrogen-bond donors (Lipinski definition) is 2. The van der Waals surface area contributed by atoms with Crippen LogP contribution in [0.1, 0.15) is 23.7 Å². The average Bonchev–Trinajstić information content (AvgIpc) is 2.41. The molecule has 2 N–H and O–H groups in total. The molecular formula is C13H19N3O2. The number of amides is 1. The summed E-state index contributed by atoms with van der Waals surface area (Å²) in [5.74, 6) is 0.826. The molecule has 1 aromatic rings. The van der Waals surface area contributed by atoms with Crippen molar-refractivity contribution in [1.82, 2.24) is 9.88 Å². The molecule has 18 heavy (non-hydrogen) atoms. The third-order valence-corrected chi connectivity index (χ3v) is 3.41. The van der Waals surface area contributed by atoms with Crippen LogP contribution in [0, 0.1) is 5.92 Å². The van der Waals surface area contributed by atoms with Crippen LogP contribution in [0.15, 0.2) is 18.3 Å². The standard InChI is InChI=1S/C13H19N3O2/c1-9-8-16(6-4-11(9)17)13(18)10-3-5-15-12(7-10)14-2/h3,5,7,9,11,17H,4,6,8H2,1-2H3,(H,14,15). The number of piperidine rings is 1. The molecule has 1 fully saturated rings. The van der Waals surface area contributed by atoms with Gasteiger partial charge in [-0.1, -0.05) is 6.92 Å². The number of carbonyl (C=O) groups is 1. The number of likely N-dealkylation sites (tertiary alicyclic amines) is 1. The Kier molecular flexibility index (Phi) is 3.81. The molecule has 2 unspecified atom stereocenters. The second kappa shape index (κ2) is 5.35. The van der Waals surface area contributed by atoms with Gasteiger partial charge in [0.05, 0.1) is 6.10 Å². The van der Waals surface area contributed by atoms with Crippen LogP contribution in [0.5, 0.6) is 0 Å². The molecule has 2 rings (SSSR count). The van der Waals surface area contributed by atoms with Crippen molar-refractivity contribution in [2.75, 3.05) is 25.5 Å². The van der Waals surface area contributed by atoms with Crippen LogP contribution in [-0.2, 0) is 0 Å². The quantitative estimate of drug-likeness (QED) is 0.819. The summed E-state index contributed by atoms with van der Waals surface area (Å²) in [5, 5.41) is 12.6. The largest absolute Gasteiger partial charge is 0.393 e. The van der Waals surface area contributed by atoms with Crippen LogP contribution in [0.25, 0.3) is 0 Å². The van der Waals surface area contributed by atoms with Crippen LogP contribution in [0.4, 0.5) is 5.82 Å². The summed E-state index contributed by atoms with van der Waals surface area (Å²) in [4.78, 5) is 18.2. The number of aliphatic hydroxyl groups excluding tert-OH is 1. The molecule has 5 heteroatoms. The Morgan fingerprint density at radius 2 is 2.39 bits per heavy atom. The molecule has 1 saturated heterocycles. The summed E-state index contributed by atoms with van der Waals surface area (Å²) in [6.45, 7) is 3.19. The molecule has 0 bridgehead atoms. The minimum Gasteiger partial charge on any atom is -0.393 e. The van der Waals surface area contributed by atoms with Gasteiger partial charge in [-0.05, 0) is 24.5 Å². The fourth-order valence-corrected chi connectivity index (χ4v) is 2.20. The number of aromatic nitrogens is 1. The van der Waals surface area contributed by atoms with E-state index in [1.54, 1.807) is 30.3 Å². The molecule has 1 amide bonds. The second-order valence-electron chi connectivity index (χ2n) is 4.76. The lowest BCUT2D eigenvalue weighted by atomic mass is 9.96. The number of pyridine rings is 1. The van der Waals surface area contributed by atoms with E-state index in [4.69, 9.17) is 0 Å². The normalized spacial score (nSPS) is 23.8. The molecule has 0 aliphatic carbocycles. The van der Waals surface area contributed by atoms with Crippen LogP contribution in [0.2, 0.25) is 0 Å². The van der Waals surface area contributed by atoms with E-state index in [1.165, 1.54) is 0 Å². The van der Waals surface area contributed by atoms with Gasteiger partial charge in [-0.3, -0.25) is 4.79 Å². The van der Waals surface area contributed by atoms with Gasteiger partial charge < -0.3 is 15.3 Å². The van der Waals surface area contributed by atoms with Crippen LogP contribution in [0.3, 0.4) is 0 Å². The predicted molar refractivity (Wildman–Crippen MR) is 69.5 cm³/mol. The van der Waals surface area contributed by atoms with Crippen molar-refractivity contribution < 1.29 is 9.90 Å². The maximum atomic E-state index is 12.3. The van der Waals surface area contributed by atoms with Crippen molar-refractivity contribution in [3.05, 3.63) is 23.9 Å². The van der Waals surface area contributed by atoms with E-state index in [1.807, 2.05) is 6.92 Å². The summed E-state index contributed by atoms with van der Waals surface area (Å²) in [6, 6.07) is 3.47. The highest BCUT2D eigenvalue weighted by Crippen LogP contribution is 2.19. The molecule has 2 atom stereocenters. The maximum Gasteiger partial charge on any atom is 0.254 e. The number of anilines is 1. The minimum absolute atomic E-state index is 0.00708. The molecule has 5 nitrogen and oxygen atoms in total. The zero-order valence-corrected chi connectivity index (χ0v) is 10.8. The van der Waals surface area contributed by atoms with E-state index < -0.39 is 0 Å². The van der Waals surface area contributed by atoms with Crippen LogP contribution >= 0.6 is 0 Å². The van der Waals surface area contributed by atoms with E-state index >= 15 is 0 Å². The first kappa shape index (κ1) is 12.8. The predicted octanol–water partition coefficient (Wildman–Crippen LogP) is 0.966. The Balaban J connectivity index is 2.11. The van der Waals surface area contributed by atoms with E-state index in [-0.39, 0.29) is 17.9 Å². The van der Waals surface area contributed by atoms with Crippen molar-refractivity contribution in [2.24, 2.45) is 5.92 Å². The minimum atomic E-state index is -0.292. The van der Waals surface area contributed by atoms with Crippen molar-refractivity contribution in [1.29, 1.82) is 0 Å². The highest BCUT2D eigenvalue weighted by Gasteiger charge is 2.27. The molecular weight excluding hydrogens is 230 g/mol. The summed E-state index contributed by atoms with van der Waals surface area (Å²) >= 11 is 0. The summed E-state index contributed by atoms with van der Waals surface area (Å²) in [7, 11) is 1.77. The third-order valence-electron chi connectivity index (χ3n) is 3.41. The Hall–Kier alpha value is -1.62. The molecule has 0 saturated carbocycles. The first-order valence-electron chi connectivity index (χ1n) is 6.23. The average molecular weight is 249 g/mol. The lowest BCUT2D eigenvalue weighted by Crippen LogP contribution is -2.44. The second-order valence-corrected chi connectivity index (χ2v) is 4.76. The molecule has 2 heterocycles. The van der Waals surface area contributed by atoms with Gasteiger partial charge in [0.1, 0.15) is 5.82 Å². The summed E-state index contributed by atoms with van der Waals surface area (Å²) in [5.41, 5.74) is 0.637. The van der Waals surface area contributed by atoms with Crippen molar-refractivity contribution >= 4 is 11.7 Å². The molecule has 1 aromatic heterocycles. The lowest BCUT2D eigenvalue weighted by Gasteiger charge is -2.34. The van der Waals surface area contributed by atoms with Gasteiger partial charge in [0.2, 0.25) is 0 Å². The van der Waals surface area contributed by atoms with Crippen LogP contribution in [-0.4, -0.2) is 47.1 Å². The van der Waals surface area contributed by atoms with E-state index in [0.717, 1.165) is 0 Å². The van der Waals surface area contributed by atoms with Crippen molar-refractivity contribution in [2.45, 2.75) is 19.4 Å². The Morgan fingerprint density at radius 1 is 1.61 bits per heavy atom. The SMILES string of the molecule is CNc1cc(C(=O)N2CCC(O)C(C)C2)ccn1. The smallest absolute Gasteiger partial charge is 0.254 e. The number of nitrogens with zero attached hydrogens (tertiary/aromatic N) is 2. The zero-order chi connectivity index (χ0) is 13.1. The molecule has 98 valence electrons. The number of rotatable bonds is 2. The Bertz CT molecular complexity index is 436. The van der Waals surface area contributed by atoms with Gasteiger partial charge in [-0.25, -0.2) is 4.98 Å². The molecule has 0 aromatic carbocycles. The van der Waals surface area contributed by atoms with Gasteiger partial charge in [-0.2, -0.15) is 0 Å². The fourth-order valence-electron chi connectivity index (χ4n) is 2.20. The monoisotopic (exact) mass is 249 g/mol. The van der Waals surface area contributed by atoms with Crippen molar-refractivity contribution in [3.8, 4) is 0 Å². The summed E-state index contributed by atoms with van der Waals surface area (Å²) < 4.78 is 0. The van der Waals surface area contributed by atoms with Gasteiger partial charge in [0.25, 0.3) is 5.91 Å². The molecule has 0 spiro atoms. The highest BCUT2D eigenvalue weighted by atomic mass is 16.3. The molecule has 1 aliphatic heterocycles. The van der Waals surface area contributed by atoms with E-state index in [0.29, 0.717) is 30.9 Å². The number of carbonyl (C=O) groups excluding carboxylic acids is 1. The number of nitrogens with one attached hydrogen (secondary N) is 1. The first-order valence-corrected chi connectivity index (χ1v) is 6.23. The van der Waals surface area contributed by atoms with Crippen LogP contribution < -0.4 is 5.32 Å². The van der Waals surface area contributed by atoms with E-state index in [9.17, 15) is 9.90 Å². The lowest BCUT2D eigenvalue weighted by molar-refractivity contribution is 0.0297. The first-order chi connectivity index (χ1) is 8.61. The van der Waals surface area contributed by atoms with Gasteiger partial charge in [0.15, 0.2) is 0 Å². The third kappa shape index (κ3) is 2.61. The fraction of sp³-hybridized carbons (Fsp3) is 0.538. The number of aliphatic hydroxyl groups is 1. The Morgan fingerprint density at radius 3 is 3.06 bits per heavy atom.